The zero-order valence-electron chi connectivity index (χ0n) is 25.6. The molecule has 1 fully saturated rings. The highest BCUT2D eigenvalue weighted by Gasteiger charge is 2.31. The van der Waals surface area contributed by atoms with Gasteiger partial charge in [-0.1, -0.05) is 30.3 Å². The van der Waals surface area contributed by atoms with Gasteiger partial charge in [-0.05, 0) is 84.1 Å². The number of halogens is 1. The molecule has 3 amide bonds. The van der Waals surface area contributed by atoms with Gasteiger partial charge in [-0.3, -0.25) is 0 Å². The number of anilines is 1. The number of hydrogen-bond donors (Lipinski definition) is 4. The Balaban J connectivity index is 1.55. The van der Waals surface area contributed by atoms with Crippen LogP contribution in [0.2, 0.25) is 0 Å². The molecule has 1 aliphatic rings. The second kappa shape index (κ2) is 14.0. The molecule has 238 valence electrons. The summed E-state index contributed by atoms with van der Waals surface area (Å²) in [5.41, 5.74) is 0.495. The number of carbonyl (C=O) groups excluding carboxylic acids is 2. The van der Waals surface area contributed by atoms with Crippen molar-refractivity contribution in [2.75, 3.05) is 5.32 Å². The molecular formula is C31H40FN5O5S2. The first kappa shape index (κ1) is 33.3. The predicted molar refractivity (Wildman–Crippen MR) is 170 cm³/mol. The number of aromatic nitrogens is 1. The number of nitrogens with one attached hydrogen (secondary N) is 4. The maximum absolute atomic E-state index is 15.4. The third-order valence-corrected chi connectivity index (χ3v) is 9.88. The molecule has 1 saturated carbocycles. The SMILES string of the molecule is CC(C)OC(=O)N[C@H]1CC[C@H](c2nc(F)c(-c3ccc(NC(=O)NCc4ccccc4)cc3S(=O)(=O)NC(C)(C)C)s2)CC1. The number of thiazole rings is 1. The summed E-state index contributed by atoms with van der Waals surface area (Å²) < 4.78 is 50.4. The summed E-state index contributed by atoms with van der Waals surface area (Å²) in [5, 5.41) is 8.89. The molecule has 44 heavy (non-hydrogen) atoms. The number of hydrogen-bond acceptors (Lipinski definition) is 7. The summed E-state index contributed by atoms with van der Waals surface area (Å²) in [6.45, 7) is 8.99. The summed E-state index contributed by atoms with van der Waals surface area (Å²) in [4.78, 5) is 28.7. The number of benzene rings is 2. The molecule has 10 nitrogen and oxygen atoms in total. The lowest BCUT2D eigenvalue weighted by atomic mass is 9.86. The lowest BCUT2D eigenvalue weighted by Gasteiger charge is -2.27. The molecule has 0 atom stereocenters. The Morgan fingerprint density at radius 3 is 2.39 bits per heavy atom. The topological polar surface area (TPSA) is 139 Å². The molecule has 0 saturated heterocycles. The Hall–Kier alpha value is -3.55. The maximum Gasteiger partial charge on any atom is 0.407 e. The standard InChI is InChI=1S/C31H40FN5O5S2/c1-19(2)42-30(39)35-22-13-11-21(12-14-22)28-36-27(32)26(43-28)24-16-15-23(17-25(24)44(40,41)37-31(3,4)5)34-29(38)33-18-20-9-7-6-8-10-20/h6-10,15-17,19,21-22,37H,11-14,18H2,1-5H3,(H,35,39)(H2,33,34,38)/t21-,22-. The van der Waals surface area contributed by atoms with E-state index in [1.165, 1.54) is 12.1 Å². The van der Waals surface area contributed by atoms with Crippen LogP contribution in [0.3, 0.4) is 0 Å². The largest absolute Gasteiger partial charge is 0.447 e. The van der Waals surface area contributed by atoms with Crippen LogP contribution in [0.15, 0.2) is 53.4 Å². The number of amides is 3. The maximum atomic E-state index is 15.4. The van der Waals surface area contributed by atoms with Gasteiger partial charge in [0.25, 0.3) is 0 Å². The fourth-order valence-electron chi connectivity index (χ4n) is 4.98. The Morgan fingerprint density at radius 2 is 1.75 bits per heavy atom. The van der Waals surface area contributed by atoms with Crippen molar-refractivity contribution in [2.24, 2.45) is 0 Å². The fraction of sp³-hybridized carbons (Fsp3) is 0.452. The van der Waals surface area contributed by atoms with Crippen LogP contribution in [0.1, 0.15) is 76.8 Å². The van der Waals surface area contributed by atoms with Crippen LogP contribution in [0.25, 0.3) is 10.4 Å². The van der Waals surface area contributed by atoms with Crippen molar-refractivity contribution in [2.45, 2.75) is 95.3 Å². The molecule has 0 bridgehead atoms. The quantitative estimate of drug-likeness (QED) is 0.209. The van der Waals surface area contributed by atoms with E-state index in [4.69, 9.17) is 4.74 Å². The summed E-state index contributed by atoms with van der Waals surface area (Å²) in [6.07, 6.45) is 2.10. The highest BCUT2D eigenvalue weighted by Crippen LogP contribution is 2.41. The zero-order valence-corrected chi connectivity index (χ0v) is 27.2. The van der Waals surface area contributed by atoms with Crippen molar-refractivity contribution in [3.8, 4) is 10.4 Å². The molecule has 0 radical (unpaired) electrons. The minimum absolute atomic E-state index is 0.0237. The third-order valence-electron chi connectivity index (χ3n) is 6.85. The van der Waals surface area contributed by atoms with Gasteiger partial charge in [-0.2, -0.15) is 4.39 Å². The number of nitrogens with zero attached hydrogens (tertiary/aromatic N) is 1. The Labute approximate surface area is 262 Å². The minimum atomic E-state index is -4.13. The molecule has 0 spiro atoms. The Bertz CT molecular complexity index is 1560. The third kappa shape index (κ3) is 9.23. The normalized spacial score (nSPS) is 17.2. The molecule has 0 unspecified atom stereocenters. The zero-order chi connectivity index (χ0) is 32.1. The number of alkyl carbamates (subject to hydrolysis) is 1. The molecule has 0 aliphatic heterocycles. The Morgan fingerprint density at radius 1 is 1.07 bits per heavy atom. The van der Waals surface area contributed by atoms with E-state index >= 15 is 4.39 Å². The van der Waals surface area contributed by atoms with Crippen LogP contribution in [0.5, 0.6) is 0 Å². The van der Waals surface area contributed by atoms with Crippen molar-refractivity contribution >= 4 is 39.2 Å². The average molecular weight is 646 g/mol. The highest BCUT2D eigenvalue weighted by molar-refractivity contribution is 7.89. The van der Waals surface area contributed by atoms with Crippen molar-refractivity contribution in [1.29, 1.82) is 0 Å². The molecular weight excluding hydrogens is 606 g/mol. The first-order chi connectivity index (χ1) is 20.7. The monoisotopic (exact) mass is 645 g/mol. The van der Waals surface area contributed by atoms with Gasteiger partial charge in [0.2, 0.25) is 16.0 Å². The number of ether oxygens (including phenoxy) is 1. The lowest BCUT2D eigenvalue weighted by molar-refractivity contribution is 0.109. The second-order valence-corrected chi connectivity index (χ2v) is 14.9. The van der Waals surface area contributed by atoms with Crippen molar-refractivity contribution < 1.29 is 27.1 Å². The fourth-order valence-corrected chi connectivity index (χ4v) is 7.86. The van der Waals surface area contributed by atoms with E-state index in [1.54, 1.807) is 40.7 Å². The average Bonchev–Trinajstić information content (AvgIpc) is 3.32. The summed E-state index contributed by atoms with van der Waals surface area (Å²) in [7, 11) is -4.13. The van der Waals surface area contributed by atoms with Gasteiger partial charge >= 0.3 is 12.1 Å². The van der Waals surface area contributed by atoms with E-state index in [9.17, 15) is 18.0 Å². The molecule has 1 aliphatic carbocycles. The van der Waals surface area contributed by atoms with Gasteiger partial charge in [0.15, 0.2) is 0 Å². The van der Waals surface area contributed by atoms with Gasteiger partial charge in [0, 0.05) is 35.3 Å². The van der Waals surface area contributed by atoms with Gasteiger partial charge in [0.05, 0.1) is 20.9 Å². The highest BCUT2D eigenvalue weighted by atomic mass is 32.2. The first-order valence-corrected chi connectivity index (χ1v) is 16.9. The molecule has 1 heterocycles. The minimum Gasteiger partial charge on any atom is -0.447 e. The number of sulfonamides is 1. The van der Waals surface area contributed by atoms with E-state index in [0.29, 0.717) is 30.7 Å². The smallest absolute Gasteiger partial charge is 0.407 e. The first-order valence-electron chi connectivity index (χ1n) is 14.6. The van der Waals surface area contributed by atoms with E-state index in [1.807, 2.05) is 30.3 Å². The van der Waals surface area contributed by atoms with E-state index in [-0.39, 0.29) is 45.6 Å². The molecule has 4 rings (SSSR count). The van der Waals surface area contributed by atoms with Gasteiger partial charge < -0.3 is 20.7 Å². The van der Waals surface area contributed by atoms with E-state index < -0.39 is 33.6 Å². The van der Waals surface area contributed by atoms with Crippen LogP contribution in [-0.2, 0) is 21.3 Å². The number of urea groups is 1. The predicted octanol–water partition coefficient (Wildman–Crippen LogP) is 6.51. The van der Waals surface area contributed by atoms with Crippen LogP contribution < -0.4 is 20.7 Å². The Kier molecular flexibility index (Phi) is 10.6. The van der Waals surface area contributed by atoms with Crippen LogP contribution in [-0.4, -0.2) is 43.2 Å². The lowest BCUT2D eigenvalue weighted by Crippen LogP contribution is -2.40. The van der Waals surface area contributed by atoms with Gasteiger partial charge in [-0.25, -0.2) is 27.7 Å². The van der Waals surface area contributed by atoms with Crippen molar-refractivity contribution in [3.05, 3.63) is 65.0 Å². The van der Waals surface area contributed by atoms with Crippen LogP contribution in [0, 0.1) is 5.95 Å². The summed E-state index contributed by atoms with van der Waals surface area (Å²) in [5.74, 6) is -0.774. The van der Waals surface area contributed by atoms with E-state index in [2.05, 4.69) is 25.7 Å². The summed E-state index contributed by atoms with van der Waals surface area (Å²) in [6, 6.07) is 13.2. The molecule has 13 heteroatoms. The molecule has 3 aromatic rings. The number of rotatable bonds is 9. The number of carbonyl (C=O) groups is 2. The summed E-state index contributed by atoms with van der Waals surface area (Å²) >= 11 is 1.13. The van der Waals surface area contributed by atoms with Crippen LogP contribution in [0.4, 0.5) is 19.7 Å². The molecule has 2 aromatic carbocycles. The second-order valence-electron chi connectivity index (χ2n) is 12.2. The molecule has 4 N–H and O–H groups in total. The molecule has 1 aromatic heterocycles. The van der Waals surface area contributed by atoms with Crippen LogP contribution >= 0.6 is 11.3 Å². The van der Waals surface area contributed by atoms with Crippen molar-refractivity contribution in [1.82, 2.24) is 20.3 Å². The van der Waals surface area contributed by atoms with Gasteiger partial charge in [-0.15, -0.1) is 11.3 Å². The van der Waals surface area contributed by atoms with E-state index in [0.717, 1.165) is 16.9 Å². The van der Waals surface area contributed by atoms with Gasteiger partial charge in [0.1, 0.15) is 0 Å². The van der Waals surface area contributed by atoms with Crippen molar-refractivity contribution in [3.63, 3.8) is 0 Å².